The Morgan fingerprint density at radius 2 is 2.03 bits per heavy atom. The number of phenols is 1. The van der Waals surface area contributed by atoms with Crippen LogP contribution in [0.3, 0.4) is 0 Å². The fourth-order valence-corrected chi connectivity index (χ4v) is 4.16. The van der Waals surface area contributed by atoms with Crippen molar-refractivity contribution in [3.63, 3.8) is 0 Å². The largest absolute Gasteiger partial charge is 0.507 e. The highest BCUT2D eigenvalue weighted by Crippen LogP contribution is 2.33. The summed E-state index contributed by atoms with van der Waals surface area (Å²) in [5.41, 5.74) is 1.07. The number of hydrogen-bond acceptors (Lipinski definition) is 8. The smallest absolute Gasteiger partial charge is 0.205 e. The molecule has 0 amide bonds. The average molecular weight is 427 g/mol. The number of halogens is 1. The molecular weight excluding hydrogens is 399 g/mol. The summed E-state index contributed by atoms with van der Waals surface area (Å²) in [5.74, 6) is 1.74. The zero-order valence-electron chi connectivity index (χ0n) is 18.0. The number of tetrazole rings is 1. The van der Waals surface area contributed by atoms with E-state index >= 15 is 0 Å². The maximum Gasteiger partial charge on any atom is 0.205 e. The molecule has 164 valence electrons. The van der Waals surface area contributed by atoms with Gasteiger partial charge in [0.2, 0.25) is 5.82 Å². The summed E-state index contributed by atoms with van der Waals surface area (Å²) in [6.45, 7) is 2.16. The summed E-state index contributed by atoms with van der Waals surface area (Å²) < 4.78 is 14.8. The first-order chi connectivity index (χ1) is 15.0. The van der Waals surface area contributed by atoms with Crippen molar-refractivity contribution in [3.05, 3.63) is 24.4 Å². The van der Waals surface area contributed by atoms with Gasteiger partial charge in [-0.15, -0.1) is 20.4 Å². The Morgan fingerprint density at radius 3 is 2.68 bits per heavy atom. The molecule has 1 aliphatic rings. The third kappa shape index (κ3) is 4.47. The Hall–Kier alpha value is -3.17. The van der Waals surface area contributed by atoms with E-state index in [1.807, 2.05) is 11.9 Å². The molecule has 1 aliphatic carbocycles. The van der Waals surface area contributed by atoms with Gasteiger partial charge in [-0.05, 0) is 36.1 Å². The predicted molar refractivity (Wildman–Crippen MR) is 114 cm³/mol. The van der Waals surface area contributed by atoms with Crippen LogP contribution in [0.1, 0.15) is 39.0 Å². The van der Waals surface area contributed by atoms with Gasteiger partial charge in [-0.3, -0.25) is 0 Å². The lowest BCUT2D eigenvalue weighted by Gasteiger charge is -2.31. The van der Waals surface area contributed by atoms with Gasteiger partial charge < -0.3 is 10.0 Å². The molecule has 10 heteroatoms. The molecular formula is C21H27FN8O. The van der Waals surface area contributed by atoms with Crippen molar-refractivity contribution >= 4 is 5.82 Å². The van der Waals surface area contributed by atoms with Crippen molar-refractivity contribution in [1.29, 1.82) is 0 Å². The van der Waals surface area contributed by atoms with Gasteiger partial charge in [-0.2, -0.15) is 4.80 Å². The molecule has 0 bridgehead atoms. The van der Waals surface area contributed by atoms with Crippen molar-refractivity contribution in [2.24, 2.45) is 13.0 Å². The lowest BCUT2D eigenvalue weighted by atomic mass is 9.94. The second kappa shape index (κ2) is 8.91. The number of aromatic nitrogens is 7. The fraction of sp³-hybridized carbons (Fsp3) is 0.524. The highest BCUT2D eigenvalue weighted by Gasteiger charge is 2.31. The van der Waals surface area contributed by atoms with E-state index in [-0.39, 0.29) is 17.6 Å². The van der Waals surface area contributed by atoms with E-state index in [4.69, 9.17) is 0 Å². The molecule has 1 fully saturated rings. The number of benzene rings is 1. The van der Waals surface area contributed by atoms with Crippen LogP contribution in [0.4, 0.5) is 10.2 Å². The molecule has 0 radical (unpaired) electrons. The van der Waals surface area contributed by atoms with Gasteiger partial charge in [-0.25, -0.2) is 9.37 Å². The number of aromatic hydroxyl groups is 1. The Kier molecular flexibility index (Phi) is 6.06. The quantitative estimate of drug-likeness (QED) is 0.620. The molecule has 3 atom stereocenters. The molecule has 0 unspecified atom stereocenters. The Balaban J connectivity index is 1.53. The normalized spacial score (nSPS) is 21.6. The number of aryl methyl sites for hydroxylation is 1. The van der Waals surface area contributed by atoms with Crippen molar-refractivity contribution in [2.75, 3.05) is 11.9 Å². The van der Waals surface area contributed by atoms with Gasteiger partial charge in [0.1, 0.15) is 11.9 Å². The summed E-state index contributed by atoms with van der Waals surface area (Å²) >= 11 is 0. The Bertz CT molecular complexity index is 1020. The van der Waals surface area contributed by atoms with E-state index in [9.17, 15) is 9.50 Å². The van der Waals surface area contributed by atoms with Crippen molar-refractivity contribution in [2.45, 2.75) is 51.2 Å². The van der Waals surface area contributed by atoms with Crippen LogP contribution in [-0.2, 0) is 7.05 Å². The van der Waals surface area contributed by atoms with Gasteiger partial charge in [0.25, 0.3) is 0 Å². The number of anilines is 1. The monoisotopic (exact) mass is 426 g/mol. The second-order valence-electron chi connectivity index (χ2n) is 8.11. The highest BCUT2D eigenvalue weighted by molar-refractivity contribution is 5.69. The van der Waals surface area contributed by atoms with Crippen LogP contribution in [0.5, 0.6) is 5.75 Å². The maximum absolute atomic E-state index is 14.8. The van der Waals surface area contributed by atoms with Gasteiger partial charge >= 0.3 is 0 Å². The van der Waals surface area contributed by atoms with E-state index in [1.165, 1.54) is 4.80 Å². The average Bonchev–Trinajstić information content (AvgIpc) is 3.12. The number of alkyl halides is 1. The SMILES string of the molecule is CC[C@@H]1CCC[C@H](F)[C@H](N(C)c2cnc(-c3ccc(-c4nnn(C)n4)cc3O)nn2)C1. The van der Waals surface area contributed by atoms with Gasteiger partial charge in [0.05, 0.1) is 24.8 Å². The van der Waals surface area contributed by atoms with E-state index in [2.05, 4.69) is 37.5 Å². The van der Waals surface area contributed by atoms with Crippen LogP contribution in [-0.4, -0.2) is 59.8 Å². The minimum absolute atomic E-state index is 0.00812. The van der Waals surface area contributed by atoms with Crippen molar-refractivity contribution < 1.29 is 9.50 Å². The maximum atomic E-state index is 14.8. The van der Waals surface area contributed by atoms with E-state index in [1.54, 1.807) is 31.4 Å². The molecule has 0 spiro atoms. The van der Waals surface area contributed by atoms with Crippen LogP contribution < -0.4 is 4.90 Å². The minimum atomic E-state index is -0.894. The van der Waals surface area contributed by atoms with Gasteiger partial charge in [0.15, 0.2) is 11.6 Å². The van der Waals surface area contributed by atoms with Crippen LogP contribution in [0.15, 0.2) is 24.4 Å². The molecule has 2 aromatic heterocycles. The highest BCUT2D eigenvalue weighted by atomic mass is 19.1. The summed E-state index contributed by atoms with van der Waals surface area (Å²) in [4.78, 5) is 7.58. The summed E-state index contributed by atoms with van der Waals surface area (Å²) in [5, 5.41) is 30.8. The van der Waals surface area contributed by atoms with Gasteiger partial charge in [-0.1, -0.05) is 32.3 Å². The van der Waals surface area contributed by atoms with E-state index in [0.717, 1.165) is 25.7 Å². The van der Waals surface area contributed by atoms with Crippen LogP contribution >= 0.6 is 0 Å². The first-order valence-corrected chi connectivity index (χ1v) is 10.6. The van der Waals surface area contributed by atoms with Gasteiger partial charge in [0, 0.05) is 12.6 Å². The van der Waals surface area contributed by atoms with Crippen molar-refractivity contribution in [3.8, 4) is 28.5 Å². The molecule has 0 saturated heterocycles. The van der Waals surface area contributed by atoms with Crippen LogP contribution in [0.2, 0.25) is 0 Å². The third-order valence-corrected chi connectivity index (χ3v) is 6.08. The fourth-order valence-electron chi connectivity index (χ4n) is 4.16. The zero-order chi connectivity index (χ0) is 22.0. The molecule has 9 nitrogen and oxygen atoms in total. The molecule has 0 aliphatic heterocycles. The summed E-state index contributed by atoms with van der Waals surface area (Å²) in [7, 11) is 3.52. The first kappa shape index (κ1) is 21.1. The molecule has 1 N–H and O–H groups in total. The minimum Gasteiger partial charge on any atom is -0.507 e. The molecule has 1 saturated carbocycles. The lowest BCUT2D eigenvalue weighted by Crippen LogP contribution is -2.40. The number of nitrogens with zero attached hydrogens (tertiary/aromatic N) is 8. The molecule has 3 aromatic rings. The van der Waals surface area contributed by atoms with Crippen LogP contribution in [0.25, 0.3) is 22.8 Å². The van der Waals surface area contributed by atoms with Crippen molar-refractivity contribution in [1.82, 2.24) is 35.4 Å². The standard InChI is InChI=1S/C21H27FN8O/c1-4-13-6-5-7-16(22)17(10-13)29(2)19-12-23-21(25-24-19)15-9-8-14(11-18(15)31)20-26-28-30(3)27-20/h8-9,11-13,16-17,31H,4-7,10H2,1-3H3/t13-,16+,17-/m1/s1. The van der Waals surface area contributed by atoms with E-state index in [0.29, 0.717) is 35.1 Å². The Morgan fingerprint density at radius 1 is 1.19 bits per heavy atom. The summed E-state index contributed by atoms with van der Waals surface area (Å²) in [6.07, 6.45) is 5.11. The first-order valence-electron chi connectivity index (χ1n) is 10.6. The molecule has 4 rings (SSSR count). The second-order valence-corrected chi connectivity index (χ2v) is 8.11. The lowest BCUT2D eigenvalue weighted by molar-refractivity contribution is 0.253. The molecule has 1 aromatic carbocycles. The Labute approximate surface area is 180 Å². The predicted octanol–water partition coefficient (Wildman–Crippen LogP) is 3.18. The zero-order valence-corrected chi connectivity index (χ0v) is 18.0. The number of rotatable bonds is 5. The number of phenolic OH excluding ortho intramolecular Hbond substituents is 1. The number of hydrogen-bond donors (Lipinski definition) is 1. The molecule has 2 heterocycles. The molecule has 31 heavy (non-hydrogen) atoms. The topological polar surface area (TPSA) is 106 Å². The van der Waals surface area contributed by atoms with E-state index < -0.39 is 6.17 Å². The summed E-state index contributed by atoms with van der Waals surface area (Å²) in [6, 6.07) is 4.76. The third-order valence-electron chi connectivity index (χ3n) is 6.08. The van der Waals surface area contributed by atoms with Crippen LogP contribution in [0, 0.1) is 5.92 Å².